The lowest BCUT2D eigenvalue weighted by Crippen LogP contribution is -3.14. The van der Waals surface area contributed by atoms with Gasteiger partial charge in [-0.1, -0.05) is 19.1 Å². The van der Waals surface area contributed by atoms with Crippen LogP contribution in [0.4, 0.5) is 0 Å². The third kappa shape index (κ3) is 3.62. The van der Waals surface area contributed by atoms with Crippen LogP contribution in [0.1, 0.15) is 58.8 Å². The predicted molar refractivity (Wildman–Crippen MR) is 106 cm³/mol. The van der Waals surface area contributed by atoms with Crippen molar-refractivity contribution in [1.82, 2.24) is 0 Å². The SMILES string of the molecule is C=C1CCC[C@]2(C)C[C@H]3OC(=O)[C@H](C[NH+]4CCC[C@H](C(=O)OCC)C4)[C@H]3C[C@@H]12. The van der Waals surface area contributed by atoms with Gasteiger partial charge < -0.3 is 14.4 Å². The number of ether oxygens (including phenoxy) is 2. The van der Waals surface area contributed by atoms with Crippen molar-refractivity contribution in [3.05, 3.63) is 12.2 Å². The predicted octanol–water partition coefficient (Wildman–Crippen LogP) is 2.16. The Bertz CT molecular complexity index is 647. The molecule has 0 radical (unpaired) electrons. The Hall–Kier alpha value is -1.36. The number of rotatable bonds is 4. The summed E-state index contributed by atoms with van der Waals surface area (Å²) in [5.41, 5.74) is 1.64. The van der Waals surface area contributed by atoms with Crippen LogP contribution in [0.3, 0.4) is 0 Å². The highest BCUT2D eigenvalue weighted by Crippen LogP contribution is 2.56. The minimum absolute atomic E-state index is 0.00591. The molecule has 0 bridgehead atoms. The number of hydrogen-bond donors (Lipinski definition) is 1. The first-order chi connectivity index (χ1) is 13.4. The van der Waals surface area contributed by atoms with Crippen LogP contribution in [0.2, 0.25) is 0 Å². The Balaban J connectivity index is 1.43. The fourth-order valence-corrected chi connectivity index (χ4v) is 6.60. The summed E-state index contributed by atoms with van der Waals surface area (Å²) in [6.07, 6.45) is 7.62. The second-order valence-corrected chi connectivity index (χ2v) is 9.90. The highest BCUT2D eigenvalue weighted by molar-refractivity contribution is 5.75. The minimum atomic E-state index is -0.0708. The molecule has 1 unspecified atom stereocenters. The number of fused-ring (bicyclic) bond motifs is 2. The van der Waals surface area contributed by atoms with Gasteiger partial charge >= 0.3 is 11.9 Å². The average Bonchev–Trinajstić information content (AvgIpc) is 2.94. The lowest BCUT2D eigenvalue weighted by Gasteiger charge is -2.50. The molecule has 28 heavy (non-hydrogen) atoms. The van der Waals surface area contributed by atoms with Gasteiger partial charge in [0.1, 0.15) is 17.9 Å². The highest BCUT2D eigenvalue weighted by atomic mass is 16.6. The summed E-state index contributed by atoms with van der Waals surface area (Å²) in [4.78, 5) is 26.3. The van der Waals surface area contributed by atoms with E-state index in [-0.39, 0.29) is 35.3 Å². The van der Waals surface area contributed by atoms with Gasteiger partial charge in [0, 0.05) is 5.92 Å². The molecule has 0 spiro atoms. The molecule has 0 amide bonds. The first kappa shape index (κ1) is 19.9. The lowest BCUT2D eigenvalue weighted by atomic mass is 9.55. The number of quaternary nitrogens is 1. The Kier molecular flexibility index (Phi) is 5.56. The van der Waals surface area contributed by atoms with Crippen LogP contribution in [0.5, 0.6) is 0 Å². The molecule has 2 aliphatic carbocycles. The van der Waals surface area contributed by atoms with Crippen molar-refractivity contribution in [2.75, 3.05) is 26.2 Å². The molecule has 0 aromatic carbocycles. The molecule has 5 nitrogen and oxygen atoms in total. The standard InChI is InChI=1S/C23H35NO4/c1-4-27-21(25)16-8-6-10-24(13-16)14-18-17-11-19-15(2)7-5-9-23(19,3)12-20(17)28-22(18)26/h16-20H,2,4-14H2,1,3H3/p+1/t16-,17+,18+,19-,20+,23+/m0/s1. The lowest BCUT2D eigenvalue weighted by molar-refractivity contribution is -0.910. The molecule has 2 saturated carbocycles. The van der Waals surface area contributed by atoms with Crippen LogP contribution in [0.25, 0.3) is 0 Å². The first-order valence-corrected chi connectivity index (χ1v) is 11.3. The highest BCUT2D eigenvalue weighted by Gasteiger charge is 2.56. The molecule has 0 aromatic heterocycles. The fraction of sp³-hybridized carbons (Fsp3) is 0.826. The van der Waals surface area contributed by atoms with Crippen LogP contribution in [0.15, 0.2) is 12.2 Å². The van der Waals surface area contributed by atoms with Gasteiger partial charge in [-0.2, -0.15) is 0 Å². The summed E-state index contributed by atoms with van der Waals surface area (Å²) < 4.78 is 11.1. The van der Waals surface area contributed by atoms with E-state index in [1.54, 1.807) is 0 Å². The molecule has 156 valence electrons. The number of likely N-dealkylation sites (tertiary alicyclic amines) is 1. The van der Waals surface area contributed by atoms with E-state index >= 15 is 0 Å². The van der Waals surface area contributed by atoms with E-state index < -0.39 is 0 Å². The third-order valence-electron chi connectivity index (χ3n) is 8.07. The summed E-state index contributed by atoms with van der Waals surface area (Å²) in [5, 5.41) is 0. The van der Waals surface area contributed by atoms with E-state index in [1.807, 2.05) is 6.92 Å². The van der Waals surface area contributed by atoms with Crippen LogP contribution in [-0.2, 0) is 19.1 Å². The maximum absolute atomic E-state index is 12.8. The third-order valence-corrected chi connectivity index (χ3v) is 8.07. The number of piperidine rings is 1. The van der Waals surface area contributed by atoms with Crippen LogP contribution in [0, 0.1) is 29.1 Å². The summed E-state index contributed by atoms with van der Waals surface area (Å²) in [6.45, 7) is 11.7. The van der Waals surface area contributed by atoms with E-state index in [9.17, 15) is 9.59 Å². The second-order valence-electron chi connectivity index (χ2n) is 9.90. The van der Waals surface area contributed by atoms with Crippen molar-refractivity contribution in [2.24, 2.45) is 29.1 Å². The van der Waals surface area contributed by atoms with Gasteiger partial charge in [0.15, 0.2) is 0 Å². The molecule has 2 heterocycles. The normalized spacial score (nSPS) is 43.1. The van der Waals surface area contributed by atoms with Crippen LogP contribution < -0.4 is 4.90 Å². The summed E-state index contributed by atoms with van der Waals surface area (Å²) in [6, 6.07) is 0. The maximum Gasteiger partial charge on any atom is 0.315 e. The zero-order chi connectivity index (χ0) is 19.9. The van der Waals surface area contributed by atoms with Gasteiger partial charge in [-0.3, -0.25) is 9.59 Å². The minimum Gasteiger partial charge on any atom is -0.466 e. The van der Waals surface area contributed by atoms with Crippen LogP contribution >= 0.6 is 0 Å². The molecule has 7 atom stereocenters. The van der Waals surface area contributed by atoms with E-state index in [4.69, 9.17) is 9.47 Å². The number of nitrogens with one attached hydrogen (secondary N) is 1. The summed E-state index contributed by atoms with van der Waals surface area (Å²) >= 11 is 0. The van der Waals surface area contributed by atoms with Crippen LogP contribution in [-0.4, -0.2) is 44.3 Å². The first-order valence-electron chi connectivity index (χ1n) is 11.3. The van der Waals surface area contributed by atoms with Gasteiger partial charge in [0.2, 0.25) is 0 Å². The number of carbonyl (C=O) groups is 2. The topological polar surface area (TPSA) is 57.0 Å². The largest absolute Gasteiger partial charge is 0.466 e. The Labute approximate surface area is 168 Å². The zero-order valence-corrected chi connectivity index (χ0v) is 17.5. The van der Waals surface area contributed by atoms with Gasteiger partial charge in [-0.25, -0.2) is 0 Å². The molecule has 4 rings (SSSR count). The molecule has 1 N–H and O–H groups in total. The molecule has 4 fully saturated rings. The van der Waals surface area contributed by atoms with Gasteiger partial charge in [-0.15, -0.1) is 0 Å². The Morgan fingerprint density at radius 3 is 3.00 bits per heavy atom. The Morgan fingerprint density at radius 2 is 2.21 bits per heavy atom. The van der Waals surface area contributed by atoms with Crippen molar-refractivity contribution in [2.45, 2.75) is 64.9 Å². The van der Waals surface area contributed by atoms with Crippen molar-refractivity contribution in [3.63, 3.8) is 0 Å². The summed E-state index contributed by atoms with van der Waals surface area (Å²) in [5.74, 6) is 0.719. The number of esters is 2. The van der Waals surface area contributed by atoms with Crippen molar-refractivity contribution < 1.29 is 24.0 Å². The van der Waals surface area contributed by atoms with E-state index in [2.05, 4.69) is 13.5 Å². The quantitative estimate of drug-likeness (QED) is 0.590. The van der Waals surface area contributed by atoms with Gasteiger partial charge in [0.05, 0.1) is 26.2 Å². The fourth-order valence-electron chi connectivity index (χ4n) is 6.60. The average molecular weight is 391 g/mol. The van der Waals surface area contributed by atoms with Crippen molar-refractivity contribution in [1.29, 1.82) is 0 Å². The zero-order valence-electron chi connectivity index (χ0n) is 17.5. The molecule has 5 heteroatoms. The molecule has 2 saturated heterocycles. The van der Waals surface area contributed by atoms with Gasteiger partial charge in [0.25, 0.3) is 0 Å². The maximum atomic E-state index is 12.8. The van der Waals surface area contributed by atoms with E-state index in [0.717, 1.165) is 51.7 Å². The molecular weight excluding hydrogens is 354 g/mol. The van der Waals surface area contributed by atoms with Crippen molar-refractivity contribution >= 4 is 11.9 Å². The van der Waals surface area contributed by atoms with E-state index in [1.165, 1.54) is 23.3 Å². The molecule has 0 aromatic rings. The number of hydrogen-bond acceptors (Lipinski definition) is 4. The van der Waals surface area contributed by atoms with Crippen molar-refractivity contribution in [3.8, 4) is 0 Å². The Morgan fingerprint density at radius 1 is 1.39 bits per heavy atom. The molecular formula is C23H36NO4+. The summed E-state index contributed by atoms with van der Waals surface area (Å²) in [7, 11) is 0. The smallest absolute Gasteiger partial charge is 0.315 e. The molecule has 4 aliphatic rings. The number of carbonyl (C=O) groups excluding carboxylic acids is 2. The number of allylic oxidation sites excluding steroid dienone is 1. The van der Waals surface area contributed by atoms with Gasteiger partial charge in [-0.05, 0) is 63.2 Å². The molecule has 2 aliphatic heterocycles. The monoisotopic (exact) mass is 390 g/mol. The van der Waals surface area contributed by atoms with E-state index in [0.29, 0.717) is 18.4 Å². The second kappa shape index (κ2) is 7.81.